The molecule has 2 atom stereocenters. The fourth-order valence-electron chi connectivity index (χ4n) is 3.25. The number of benzene rings is 2. The first kappa shape index (κ1) is 24.6. The number of likely N-dealkylation sites (N-methyl/N-ethyl adjacent to an activating group) is 2. The Morgan fingerprint density at radius 2 is 1.53 bits per heavy atom. The number of carboxylic acids is 1. The van der Waals surface area contributed by atoms with Gasteiger partial charge in [0, 0.05) is 30.8 Å². The molecule has 32 heavy (non-hydrogen) atoms. The molecule has 0 aromatic heterocycles. The van der Waals surface area contributed by atoms with Crippen molar-refractivity contribution in [2.45, 2.75) is 25.0 Å². The van der Waals surface area contributed by atoms with E-state index in [2.05, 4.69) is 17.2 Å². The number of aliphatic carboxylic acids is 1. The van der Waals surface area contributed by atoms with Crippen LogP contribution in [0.4, 0.5) is 0 Å². The first-order chi connectivity index (χ1) is 15.2. The van der Waals surface area contributed by atoms with Crippen LogP contribution in [0.25, 0.3) is 0 Å². The highest BCUT2D eigenvalue weighted by Crippen LogP contribution is 2.22. The number of amides is 2. The second kappa shape index (κ2) is 10.6. The largest absolute Gasteiger partial charge is 0.479 e. The van der Waals surface area contributed by atoms with E-state index in [1.54, 1.807) is 36.4 Å². The highest BCUT2D eigenvalue weighted by atomic mass is 16.4. The summed E-state index contributed by atoms with van der Waals surface area (Å²) in [5.41, 5.74) is 0.142. The van der Waals surface area contributed by atoms with Gasteiger partial charge in [-0.05, 0) is 48.4 Å². The van der Waals surface area contributed by atoms with Gasteiger partial charge in [0.15, 0.2) is 0 Å². The van der Waals surface area contributed by atoms with E-state index in [4.69, 9.17) is 5.11 Å². The molecule has 8 nitrogen and oxygen atoms in total. The number of carbonyl (C=O) groups excluding carboxylic acids is 2. The first-order valence-electron chi connectivity index (χ1n) is 9.96. The summed E-state index contributed by atoms with van der Waals surface area (Å²) < 4.78 is 0. The maximum Gasteiger partial charge on any atom is 0.339 e. The zero-order valence-corrected chi connectivity index (χ0v) is 18.1. The van der Waals surface area contributed by atoms with Gasteiger partial charge < -0.3 is 25.5 Å². The number of carboxylic acid groups (broad SMARTS) is 1. The number of nitrogens with zero attached hydrogens (tertiary/aromatic N) is 1. The van der Waals surface area contributed by atoms with E-state index in [0.29, 0.717) is 16.7 Å². The minimum absolute atomic E-state index is 0.0953. The zero-order chi connectivity index (χ0) is 23.9. The molecular formula is C24H26N2O6. The number of hydrogen-bond acceptors (Lipinski definition) is 5. The molecule has 0 fully saturated rings. The number of hydrogen-bond donors (Lipinski definition) is 4. The van der Waals surface area contributed by atoms with Crippen LogP contribution in [0.1, 0.15) is 46.5 Å². The lowest BCUT2D eigenvalue weighted by Gasteiger charge is -2.35. The van der Waals surface area contributed by atoms with Crippen molar-refractivity contribution in [2.75, 3.05) is 20.7 Å². The van der Waals surface area contributed by atoms with Crippen molar-refractivity contribution in [3.8, 4) is 11.8 Å². The van der Waals surface area contributed by atoms with Crippen LogP contribution in [-0.4, -0.2) is 64.2 Å². The number of carbonyl (C=O) groups is 3. The van der Waals surface area contributed by atoms with Crippen LogP contribution < -0.4 is 5.32 Å². The highest BCUT2D eigenvalue weighted by Gasteiger charge is 2.50. The van der Waals surface area contributed by atoms with Crippen molar-refractivity contribution < 1.29 is 29.7 Å². The molecule has 0 aliphatic rings. The van der Waals surface area contributed by atoms with Crippen LogP contribution in [0.2, 0.25) is 0 Å². The maximum atomic E-state index is 12.9. The second-order valence-electron chi connectivity index (χ2n) is 7.11. The van der Waals surface area contributed by atoms with Crippen molar-refractivity contribution in [1.29, 1.82) is 0 Å². The minimum atomic E-state index is -2.01. The van der Waals surface area contributed by atoms with E-state index in [-0.39, 0.29) is 18.6 Å². The van der Waals surface area contributed by atoms with Gasteiger partial charge >= 0.3 is 5.97 Å². The molecule has 0 saturated carbocycles. The van der Waals surface area contributed by atoms with E-state index in [0.717, 1.165) is 4.90 Å². The molecule has 0 aliphatic carbocycles. The van der Waals surface area contributed by atoms with Crippen molar-refractivity contribution in [2.24, 2.45) is 0 Å². The third-order valence-electron chi connectivity index (χ3n) is 5.30. The lowest BCUT2D eigenvalue weighted by Crippen LogP contribution is -2.63. The Kier molecular flexibility index (Phi) is 8.13. The van der Waals surface area contributed by atoms with Gasteiger partial charge in [-0.15, -0.1) is 0 Å². The van der Waals surface area contributed by atoms with Crippen molar-refractivity contribution in [3.63, 3.8) is 0 Å². The fraction of sp³-hybridized carbons (Fsp3) is 0.292. The van der Waals surface area contributed by atoms with Crippen LogP contribution in [0.3, 0.4) is 0 Å². The molecule has 0 heterocycles. The molecule has 0 spiro atoms. The third kappa shape index (κ3) is 4.97. The predicted molar refractivity (Wildman–Crippen MR) is 118 cm³/mol. The van der Waals surface area contributed by atoms with Gasteiger partial charge in [0.25, 0.3) is 11.8 Å². The maximum absolute atomic E-state index is 12.9. The van der Waals surface area contributed by atoms with Gasteiger partial charge in [-0.25, -0.2) is 4.79 Å². The van der Waals surface area contributed by atoms with Gasteiger partial charge in [-0.2, -0.15) is 0 Å². The van der Waals surface area contributed by atoms with Crippen molar-refractivity contribution in [1.82, 2.24) is 10.2 Å². The summed E-state index contributed by atoms with van der Waals surface area (Å²) >= 11 is 0. The van der Waals surface area contributed by atoms with E-state index in [1.807, 2.05) is 0 Å². The van der Waals surface area contributed by atoms with Gasteiger partial charge in [0.2, 0.25) is 5.54 Å². The summed E-state index contributed by atoms with van der Waals surface area (Å²) in [5, 5.41) is 30.6. The molecule has 2 aromatic rings. The molecule has 8 heteroatoms. The number of aliphatic hydroxyl groups excluding tert-OH is 2. The first-order valence-corrected chi connectivity index (χ1v) is 9.96. The summed E-state index contributed by atoms with van der Waals surface area (Å²) in [6.07, 6.45) is -1.03. The monoisotopic (exact) mass is 438 g/mol. The molecule has 0 unspecified atom stereocenters. The lowest BCUT2D eigenvalue weighted by molar-refractivity contribution is -0.156. The van der Waals surface area contributed by atoms with Crippen molar-refractivity contribution >= 4 is 17.8 Å². The number of rotatable bonds is 7. The third-order valence-corrected chi connectivity index (χ3v) is 5.30. The molecule has 4 N–H and O–H groups in total. The summed E-state index contributed by atoms with van der Waals surface area (Å²) in [5.74, 6) is 3.14. The number of nitrogens with one attached hydrogen (secondary N) is 1. The number of aliphatic hydroxyl groups is 2. The SMILES string of the molecule is CC[C@@](C(=O)O)(C(=O)NC)N(C)C(=O)c1ccc(C#Cc2ccc([C@H](O)CO)cc2)cc1. The van der Waals surface area contributed by atoms with Crippen LogP contribution in [0, 0.1) is 11.8 Å². The highest BCUT2D eigenvalue weighted by molar-refractivity contribution is 6.11. The Morgan fingerprint density at radius 1 is 1.03 bits per heavy atom. The molecule has 0 aliphatic heterocycles. The Morgan fingerprint density at radius 3 is 1.94 bits per heavy atom. The Hall–Kier alpha value is -3.67. The van der Waals surface area contributed by atoms with Crippen LogP contribution in [0.5, 0.6) is 0 Å². The molecule has 0 bridgehead atoms. The topological polar surface area (TPSA) is 127 Å². The molecular weight excluding hydrogens is 412 g/mol. The van der Waals surface area contributed by atoms with Crippen LogP contribution in [-0.2, 0) is 9.59 Å². The summed E-state index contributed by atoms with van der Waals surface area (Å²) in [4.78, 5) is 38.0. The quantitative estimate of drug-likeness (QED) is 0.380. The summed E-state index contributed by atoms with van der Waals surface area (Å²) in [6, 6.07) is 13.1. The van der Waals surface area contributed by atoms with Crippen LogP contribution in [0.15, 0.2) is 48.5 Å². The van der Waals surface area contributed by atoms with Gasteiger partial charge in [-0.1, -0.05) is 30.9 Å². The van der Waals surface area contributed by atoms with E-state index >= 15 is 0 Å². The van der Waals surface area contributed by atoms with E-state index in [9.17, 15) is 24.6 Å². The molecule has 2 amide bonds. The Balaban J connectivity index is 2.22. The molecule has 2 aromatic carbocycles. The molecule has 168 valence electrons. The molecule has 0 saturated heterocycles. The minimum Gasteiger partial charge on any atom is -0.479 e. The van der Waals surface area contributed by atoms with Gasteiger partial charge in [0.1, 0.15) is 6.10 Å². The zero-order valence-electron chi connectivity index (χ0n) is 18.1. The molecule has 2 rings (SSSR count). The fourth-order valence-corrected chi connectivity index (χ4v) is 3.25. The molecule has 0 radical (unpaired) electrons. The lowest BCUT2D eigenvalue weighted by atomic mass is 9.92. The Labute approximate surface area is 186 Å². The summed E-state index contributed by atoms with van der Waals surface area (Å²) in [6.45, 7) is 1.17. The smallest absolute Gasteiger partial charge is 0.339 e. The Bertz CT molecular complexity index is 1040. The normalized spacial score (nSPS) is 13.2. The van der Waals surface area contributed by atoms with E-state index < -0.39 is 29.4 Å². The average molecular weight is 438 g/mol. The van der Waals surface area contributed by atoms with Crippen LogP contribution >= 0.6 is 0 Å². The van der Waals surface area contributed by atoms with Crippen molar-refractivity contribution in [3.05, 3.63) is 70.8 Å². The predicted octanol–water partition coefficient (Wildman–Crippen LogP) is 1.16. The van der Waals surface area contributed by atoms with Gasteiger partial charge in [0.05, 0.1) is 6.61 Å². The second-order valence-corrected chi connectivity index (χ2v) is 7.11. The summed E-state index contributed by atoms with van der Waals surface area (Å²) in [7, 11) is 2.62. The van der Waals surface area contributed by atoms with E-state index in [1.165, 1.54) is 33.2 Å². The average Bonchev–Trinajstić information content (AvgIpc) is 2.82. The standard InChI is InChI=1S/C24H26N2O6/c1-4-24(23(31)32,22(30)25-2)26(3)21(29)19-13-9-17(10-14-19)6-5-16-7-11-18(12-8-16)20(28)15-27/h7-14,20,27-28H,4,15H2,1-3H3,(H,25,30)(H,31,32)/t20-,24+/m1/s1. The van der Waals surface area contributed by atoms with Gasteiger partial charge in [-0.3, -0.25) is 9.59 Å².